The molecule has 8 nitrogen and oxygen atoms in total. The number of nitrogens with zero attached hydrogens (tertiary/aromatic N) is 4. The van der Waals surface area contributed by atoms with Gasteiger partial charge in [0.15, 0.2) is 11.6 Å². The summed E-state index contributed by atoms with van der Waals surface area (Å²) in [5.74, 6) is 0.965. The van der Waals surface area contributed by atoms with Gasteiger partial charge in [-0.15, -0.1) is 0 Å². The highest BCUT2D eigenvalue weighted by Crippen LogP contribution is 2.26. The first-order valence-corrected chi connectivity index (χ1v) is 7.46. The summed E-state index contributed by atoms with van der Waals surface area (Å²) in [6, 6.07) is 2.99. The van der Waals surface area contributed by atoms with Crippen LogP contribution in [0.15, 0.2) is 27.3 Å². The zero-order valence-corrected chi connectivity index (χ0v) is 13.1. The summed E-state index contributed by atoms with van der Waals surface area (Å²) in [5, 5.41) is 3.79. The smallest absolute Gasteiger partial charge is 0.289 e. The van der Waals surface area contributed by atoms with Gasteiger partial charge < -0.3 is 18.7 Å². The van der Waals surface area contributed by atoms with E-state index in [2.05, 4.69) is 10.1 Å². The van der Waals surface area contributed by atoms with Crippen molar-refractivity contribution in [1.82, 2.24) is 19.9 Å². The quantitative estimate of drug-likeness (QED) is 0.831. The van der Waals surface area contributed by atoms with Gasteiger partial charge in [-0.25, -0.2) is 0 Å². The van der Waals surface area contributed by atoms with E-state index in [-0.39, 0.29) is 17.9 Å². The number of hydrogen-bond acceptors (Lipinski definition) is 6. The normalized spacial score (nSPS) is 18.8. The predicted molar refractivity (Wildman–Crippen MR) is 78.4 cm³/mol. The fourth-order valence-electron chi connectivity index (χ4n) is 2.77. The van der Waals surface area contributed by atoms with Crippen LogP contribution in [0.3, 0.4) is 0 Å². The lowest BCUT2D eigenvalue weighted by molar-refractivity contribution is -0.131. The van der Waals surface area contributed by atoms with E-state index in [1.54, 1.807) is 28.9 Å². The summed E-state index contributed by atoms with van der Waals surface area (Å²) in [6.45, 7) is 4.56. The molecule has 0 spiro atoms. The molecule has 23 heavy (non-hydrogen) atoms. The third-order valence-electron chi connectivity index (χ3n) is 3.91. The Bertz CT molecular complexity index is 694. The van der Waals surface area contributed by atoms with Crippen molar-refractivity contribution in [3.8, 4) is 0 Å². The molecule has 122 valence electrons. The molecule has 1 unspecified atom stereocenters. The number of aryl methyl sites for hydroxylation is 1. The zero-order valence-electron chi connectivity index (χ0n) is 13.1. The van der Waals surface area contributed by atoms with E-state index in [0.717, 1.165) is 0 Å². The Hall–Kier alpha value is -2.64. The first-order valence-electron chi connectivity index (χ1n) is 7.46. The van der Waals surface area contributed by atoms with Crippen LogP contribution in [0.5, 0.6) is 0 Å². The van der Waals surface area contributed by atoms with Gasteiger partial charge in [0.05, 0.1) is 6.26 Å². The van der Waals surface area contributed by atoms with Crippen LogP contribution in [-0.4, -0.2) is 51.4 Å². The lowest BCUT2D eigenvalue weighted by atomic mass is 10.1. The number of amides is 2. The monoisotopic (exact) mass is 318 g/mol. The molecule has 0 N–H and O–H groups in total. The molecule has 3 rings (SSSR count). The minimum Gasteiger partial charge on any atom is -0.459 e. The van der Waals surface area contributed by atoms with Crippen LogP contribution in [0.1, 0.15) is 41.7 Å². The third kappa shape index (κ3) is 3.10. The number of aromatic nitrogens is 2. The van der Waals surface area contributed by atoms with Crippen molar-refractivity contribution in [2.75, 3.05) is 19.6 Å². The van der Waals surface area contributed by atoms with Crippen LogP contribution in [-0.2, 0) is 4.79 Å². The summed E-state index contributed by atoms with van der Waals surface area (Å²) in [6.07, 6.45) is 2.00. The molecular formula is C15H18N4O4. The number of carbonyl (C=O) groups is 2. The van der Waals surface area contributed by atoms with Crippen LogP contribution >= 0.6 is 0 Å². The van der Waals surface area contributed by atoms with Gasteiger partial charge in [-0.2, -0.15) is 4.98 Å². The molecule has 0 aliphatic carbocycles. The number of carbonyl (C=O) groups excluding carboxylic acids is 2. The van der Waals surface area contributed by atoms with E-state index >= 15 is 0 Å². The molecule has 0 saturated carbocycles. The Balaban J connectivity index is 1.80. The van der Waals surface area contributed by atoms with Crippen molar-refractivity contribution in [3.63, 3.8) is 0 Å². The predicted octanol–water partition coefficient (Wildman–Crippen LogP) is 1.41. The second kappa shape index (κ2) is 6.23. The maximum atomic E-state index is 12.4. The molecule has 2 aromatic rings. The molecular weight excluding hydrogens is 300 g/mol. The molecule has 0 aromatic carbocycles. The molecule has 2 amide bonds. The van der Waals surface area contributed by atoms with Crippen molar-refractivity contribution in [2.24, 2.45) is 0 Å². The minimum absolute atomic E-state index is 0.0850. The van der Waals surface area contributed by atoms with E-state index in [9.17, 15) is 9.59 Å². The lowest BCUT2D eigenvalue weighted by Crippen LogP contribution is -2.37. The standard InChI is InChI=1S/C15H18N4O4/c1-10-16-14(23-17-10)12-5-6-18(7-8-19(12)11(2)20)15(21)13-4-3-9-22-13/h3-4,9,12H,5-8H2,1-2H3. The van der Waals surface area contributed by atoms with Gasteiger partial charge in [-0.1, -0.05) is 5.16 Å². The molecule has 1 aliphatic rings. The van der Waals surface area contributed by atoms with Crippen LogP contribution in [0.4, 0.5) is 0 Å². The van der Waals surface area contributed by atoms with Crippen LogP contribution in [0, 0.1) is 6.92 Å². The van der Waals surface area contributed by atoms with E-state index < -0.39 is 0 Å². The van der Waals surface area contributed by atoms with Gasteiger partial charge in [-0.3, -0.25) is 9.59 Å². The number of hydrogen-bond donors (Lipinski definition) is 0. The van der Waals surface area contributed by atoms with Crippen molar-refractivity contribution < 1.29 is 18.5 Å². The Labute approximate surface area is 133 Å². The average Bonchev–Trinajstić information content (AvgIpc) is 3.14. The van der Waals surface area contributed by atoms with Gasteiger partial charge in [0.1, 0.15) is 6.04 Å². The molecule has 0 radical (unpaired) electrons. The Kier molecular flexibility index (Phi) is 4.14. The first-order chi connectivity index (χ1) is 11.1. The molecule has 8 heteroatoms. The zero-order chi connectivity index (χ0) is 16.4. The molecule has 3 heterocycles. The van der Waals surface area contributed by atoms with Gasteiger partial charge >= 0.3 is 0 Å². The maximum absolute atomic E-state index is 12.4. The summed E-state index contributed by atoms with van der Waals surface area (Å²) in [4.78, 5) is 32.0. The van der Waals surface area contributed by atoms with Crippen LogP contribution in [0.2, 0.25) is 0 Å². The summed E-state index contributed by atoms with van der Waals surface area (Å²) in [5.41, 5.74) is 0. The van der Waals surface area contributed by atoms with Gasteiger partial charge in [0, 0.05) is 26.6 Å². The molecule has 0 bridgehead atoms. The van der Waals surface area contributed by atoms with Crippen LogP contribution < -0.4 is 0 Å². The molecule has 1 aliphatic heterocycles. The van der Waals surface area contributed by atoms with Gasteiger partial charge in [-0.05, 0) is 25.5 Å². The highest BCUT2D eigenvalue weighted by atomic mass is 16.5. The van der Waals surface area contributed by atoms with E-state index in [4.69, 9.17) is 8.94 Å². The Morgan fingerprint density at radius 2 is 2.13 bits per heavy atom. The maximum Gasteiger partial charge on any atom is 0.289 e. The molecule has 1 atom stereocenters. The highest BCUT2D eigenvalue weighted by molar-refractivity contribution is 5.91. The average molecular weight is 318 g/mol. The molecule has 1 saturated heterocycles. The topological polar surface area (TPSA) is 92.7 Å². The van der Waals surface area contributed by atoms with Crippen molar-refractivity contribution in [2.45, 2.75) is 26.3 Å². The van der Waals surface area contributed by atoms with Gasteiger partial charge in [0.2, 0.25) is 11.8 Å². The second-order valence-electron chi connectivity index (χ2n) is 5.47. The van der Waals surface area contributed by atoms with Crippen molar-refractivity contribution >= 4 is 11.8 Å². The first kappa shape index (κ1) is 15.3. The fourth-order valence-corrected chi connectivity index (χ4v) is 2.77. The molecule has 1 fully saturated rings. The SMILES string of the molecule is CC(=O)N1CCN(C(=O)c2ccco2)CCC1c1nc(C)no1. The third-order valence-corrected chi connectivity index (χ3v) is 3.91. The van der Waals surface area contributed by atoms with Crippen LogP contribution in [0.25, 0.3) is 0 Å². The van der Waals surface area contributed by atoms with E-state index in [1.807, 2.05) is 0 Å². The number of furan rings is 1. The summed E-state index contributed by atoms with van der Waals surface area (Å²) < 4.78 is 10.4. The number of rotatable bonds is 2. The van der Waals surface area contributed by atoms with E-state index in [1.165, 1.54) is 13.2 Å². The minimum atomic E-state index is -0.317. The van der Waals surface area contributed by atoms with Crippen molar-refractivity contribution in [1.29, 1.82) is 0 Å². The largest absolute Gasteiger partial charge is 0.459 e. The summed E-state index contributed by atoms with van der Waals surface area (Å²) >= 11 is 0. The van der Waals surface area contributed by atoms with E-state index in [0.29, 0.717) is 43.5 Å². The summed E-state index contributed by atoms with van der Waals surface area (Å²) in [7, 11) is 0. The Morgan fingerprint density at radius 1 is 1.30 bits per heavy atom. The second-order valence-corrected chi connectivity index (χ2v) is 5.47. The van der Waals surface area contributed by atoms with Crippen molar-refractivity contribution in [3.05, 3.63) is 35.9 Å². The van der Waals surface area contributed by atoms with Gasteiger partial charge in [0.25, 0.3) is 5.91 Å². The Morgan fingerprint density at radius 3 is 2.74 bits per heavy atom. The molecule has 2 aromatic heterocycles. The highest BCUT2D eigenvalue weighted by Gasteiger charge is 2.33. The fraction of sp³-hybridized carbons (Fsp3) is 0.467. The lowest BCUT2D eigenvalue weighted by Gasteiger charge is -2.25.